The summed E-state index contributed by atoms with van der Waals surface area (Å²) >= 11 is 0. The molecule has 0 radical (unpaired) electrons. The highest BCUT2D eigenvalue weighted by molar-refractivity contribution is 5.24. The molecule has 1 aliphatic rings. The van der Waals surface area contributed by atoms with Gasteiger partial charge in [0.2, 0.25) is 0 Å². The highest BCUT2D eigenvalue weighted by atomic mass is 15.1. The van der Waals surface area contributed by atoms with Gasteiger partial charge in [-0.3, -0.25) is 0 Å². The molecule has 1 nitrogen and oxygen atoms in total. The first kappa shape index (κ1) is 4.85. The molecule has 40 valence electrons. The molecule has 0 amide bonds. The first-order valence-corrected chi connectivity index (χ1v) is 2.56. The van der Waals surface area contributed by atoms with Gasteiger partial charge < -0.3 is 4.90 Å². The third-order valence-electron chi connectivity index (χ3n) is 1.39. The van der Waals surface area contributed by atoms with E-state index < -0.39 is 0 Å². The van der Waals surface area contributed by atoms with Gasteiger partial charge in [-0.15, -0.1) is 0 Å². The van der Waals surface area contributed by atoms with Crippen LogP contribution in [-0.4, -0.2) is 25.0 Å². The lowest BCUT2D eigenvalue weighted by Gasteiger charge is -2.03. The van der Waals surface area contributed by atoms with E-state index in [-0.39, 0.29) is 0 Å². The van der Waals surface area contributed by atoms with Crippen LogP contribution >= 0.6 is 0 Å². The van der Waals surface area contributed by atoms with Crippen molar-refractivity contribution >= 4 is 0 Å². The lowest BCUT2D eigenvalue weighted by molar-refractivity contribution is 0.410. The Morgan fingerprint density at radius 1 is 1.71 bits per heavy atom. The minimum Gasteiger partial charge on any atom is -0.302 e. The van der Waals surface area contributed by atoms with Gasteiger partial charge in [0.1, 0.15) is 0 Å². The molecule has 0 aromatic carbocycles. The maximum absolute atomic E-state index is 3.83. The maximum Gasteiger partial charge on any atom is 0.0337 e. The van der Waals surface area contributed by atoms with Gasteiger partial charge in [0, 0.05) is 6.04 Å². The van der Waals surface area contributed by atoms with E-state index in [0.29, 0.717) is 6.04 Å². The van der Waals surface area contributed by atoms with Gasteiger partial charge in [0.15, 0.2) is 0 Å². The molecule has 0 spiro atoms. The summed E-state index contributed by atoms with van der Waals surface area (Å²) in [6, 6.07) is 0.708. The van der Waals surface area contributed by atoms with E-state index in [1.54, 1.807) is 0 Å². The van der Waals surface area contributed by atoms with Crippen LogP contribution in [0, 0.1) is 0 Å². The van der Waals surface area contributed by atoms with E-state index in [0.717, 1.165) is 0 Å². The molecule has 0 aromatic heterocycles. The highest BCUT2D eigenvalue weighted by Gasteiger charge is 2.28. The fraction of sp³-hybridized carbons (Fsp3) is 0.667. The minimum absolute atomic E-state index is 0.708. The Labute approximate surface area is 44.6 Å². The van der Waals surface area contributed by atoms with Gasteiger partial charge in [-0.25, -0.2) is 0 Å². The van der Waals surface area contributed by atoms with Gasteiger partial charge in [-0.05, 0) is 20.5 Å². The zero-order valence-electron chi connectivity index (χ0n) is 4.94. The minimum atomic E-state index is 0.708. The number of likely N-dealkylation sites (N-methyl/N-ethyl adjacent to an activating group) is 1. The van der Waals surface area contributed by atoms with Gasteiger partial charge in [0.25, 0.3) is 0 Å². The fourth-order valence-corrected chi connectivity index (χ4v) is 0.737. The lowest BCUT2D eigenvalue weighted by Crippen LogP contribution is -2.13. The van der Waals surface area contributed by atoms with Gasteiger partial charge in [-0.2, -0.15) is 0 Å². The number of hydrogen-bond donors (Lipinski definition) is 0. The molecule has 1 rings (SSSR count). The van der Waals surface area contributed by atoms with Crippen molar-refractivity contribution < 1.29 is 0 Å². The van der Waals surface area contributed by atoms with Crippen LogP contribution in [-0.2, 0) is 0 Å². The first-order valence-electron chi connectivity index (χ1n) is 2.56. The number of rotatable bonds is 1. The summed E-state index contributed by atoms with van der Waals surface area (Å²) in [7, 11) is 4.17. The molecule has 7 heavy (non-hydrogen) atoms. The molecule has 0 saturated heterocycles. The Hall–Kier alpha value is -0.300. The molecular weight excluding hydrogens is 86.1 g/mol. The van der Waals surface area contributed by atoms with Crippen LogP contribution in [0.4, 0.5) is 0 Å². The van der Waals surface area contributed by atoms with Crippen molar-refractivity contribution in [1.82, 2.24) is 4.90 Å². The summed E-state index contributed by atoms with van der Waals surface area (Å²) in [5, 5.41) is 0. The zero-order chi connectivity index (χ0) is 5.44. The van der Waals surface area contributed by atoms with Crippen LogP contribution in [0.25, 0.3) is 0 Å². The Morgan fingerprint density at radius 3 is 2.14 bits per heavy atom. The summed E-state index contributed by atoms with van der Waals surface area (Å²) in [4.78, 5) is 2.20. The van der Waals surface area contributed by atoms with Crippen molar-refractivity contribution in [3.63, 3.8) is 0 Å². The Balaban J connectivity index is 2.33. The number of hydrogen-bond acceptors (Lipinski definition) is 1. The molecule has 1 heteroatoms. The topological polar surface area (TPSA) is 3.24 Å². The van der Waals surface area contributed by atoms with E-state index in [9.17, 15) is 0 Å². The Morgan fingerprint density at radius 2 is 2.14 bits per heavy atom. The molecule has 0 bridgehead atoms. The van der Waals surface area contributed by atoms with E-state index in [4.69, 9.17) is 0 Å². The Kier molecular flexibility index (Phi) is 0.927. The third-order valence-corrected chi connectivity index (χ3v) is 1.39. The van der Waals surface area contributed by atoms with Crippen LogP contribution in [0.1, 0.15) is 6.42 Å². The van der Waals surface area contributed by atoms with Crippen LogP contribution in [0.2, 0.25) is 0 Å². The third kappa shape index (κ3) is 0.829. The standard InChI is InChI=1S/C6H11N/c1-5-4-6(5)7(2)3/h6H,1,4H2,2-3H3. The molecule has 1 saturated carbocycles. The molecule has 1 atom stereocenters. The van der Waals surface area contributed by atoms with Crippen molar-refractivity contribution in [2.24, 2.45) is 0 Å². The molecule has 0 N–H and O–H groups in total. The first-order chi connectivity index (χ1) is 3.22. The largest absolute Gasteiger partial charge is 0.302 e. The highest BCUT2D eigenvalue weighted by Crippen LogP contribution is 2.30. The molecule has 1 aliphatic carbocycles. The predicted octanol–water partition coefficient (Wildman–Crippen LogP) is 0.876. The molecule has 0 aliphatic heterocycles. The molecule has 0 aromatic rings. The fourth-order valence-electron chi connectivity index (χ4n) is 0.737. The van der Waals surface area contributed by atoms with Crippen LogP contribution in [0.3, 0.4) is 0 Å². The molecule has 1 unspecified atom stereocenters. The summed E-state index contributed by atoms with van der Waals surface area (Å²) in [6.45, 7) is 3.83. The second-order valence-corrected chi connectivity index (χ2v) is 2.34. The van der Waals surface area contributed by atoms with Crippen molar-refractivity contribution in [2.75, 3.05) is 14.1 Å². The Bertz CT molecular complexity index is 94.4. The summed E-state index contributed by atoms with van der Waals surface area (Å²) in [6.07, 6.45) is 1.22. The summed E-state index contributed by atoms with van der Waals surface area (Å²) in [5.41, 5.74) is 1.38. The zero-order valence-corrected chi connectivity index (χ0v) is 4.94. The summed E-state index contributed by atoms with van der Waals surface area (Å²) < 4.78 is 0. The quantitative estimate of drug-likeness (QED) is 0.439. The van der Waals surface area contributed by atoms with Gasteiger partial charge in [-0.1, -0.05) is 12.2 Å². The van der Waals surface area contributed by atoms with Crippen LogP contribution in [0.15, 0.2) is 12.2 Å². The predicted molar refractivity (Wildman–Crippen MR) is 31.2 cm³/mol. The normalized spacial score (nSPS) is 29.0. The smallest absolute Gasteiger partial charge is 0.0337 e. The van der Waals surface area contributed by atoms with Gasteiger partial charge in [0.05, 0.1) is 0 Å². The van der Waals surface area contributed by atoms with E-state index >= 15 is 0 Å². The average molecular weight is 97.2 g/mol. The summed E-state index contributed by atoms with van der Waals surface area (Å²) in [5.74, 6) is 0. The molecule has 1 fully saturated rings. The van der Waals surface area contributed by atoms with Crippen LogP contribution < -0.4 is 0 Å². The molecular formula is C6H11N. The average Bonchev–Trinajstić information content (AvgIpc) is 2.17. The van der Waals surface area contributed by atoms with E-state index in [2.05, 4.69) is 25.6 Å². The lowest BCUT2D eigenvalue weighted by atomic mass is 10.6. The SMILES string of the molecule is C=C1CC1N(C)C. The van der Waals surface area contributed by atoms with Gasteiger partial charge >= 0.3 is 0 Å². The van der Waals surface area contributed by atoms with Crippen molar-refractivity contribution in [2.45, 2.75) is 12.5 Å². The van der Waals surface area contributed by atoms with Crippen molar-refractivity contribution in [1.29, 1.82) is 0 Å². The van der Waals surface area contributed by atoms with Crippen LogP contribution in [0.5, 0.6) is 0 Å². The number of nitrogens with zero attached hydrogens (tertiary/aromatic N) is 1. The van der Waals surface area contributed by atoms with E-state index in [1.807, 2.05) is 0 Å². The maximum atomic E-state index is 3.83. The monoisotopic (exact) mass is 97.1 g/mol. The second kappa shape index (κ2) is 1.34. The second-order valence-electron chi connectivity index (χ2n) is 2.34. The van der Waals surface area contributed by atoms with E-state index in [1.165, 1.54) is 12.0 Å². The van der Waals surface area contributed by atoms with Crippen molar-refractivity contribution in [3.8, 4) is 0 Å². The molecule has 0 heterocycles. The van der Waals surface area contributed by atoms with Crippen molar-refractivity contribution in [3.05, 3.63) is 12.2 Å².